The molecule has 0 atom stereocenters. The fourth-order valence-electron chi connectivity index (χ4n) is 1.76. The van der Waals surface area contributed by atoms with Crippen molar-refractivity contribution in [3.05, 3.63) is 57.8 Å². The predicted octanol–water partition coefficient (Wildman–Crippen LogP) is 4.59. The Bertz CT molecular complexity index is 676. The number of carboxylic acid groups (broad SMARTS) is 1. The molecule has 0 fully saturated rings. The quantitative estimate of drug-likeness (QED) is 0.782. The minimum atomic E-state index is -1.07. The summed E-state index contributed by atoms with van der Waals surface area (Å²) in [5.74, 6) is -0.320. The second kappa shape index (κ2) is 6.95. The van der Waals surface area contributed by atoms with E-state index in [1.54, 1.807) is 7.11 Å². The molecule has 6 heteroatoms. The van der Waals surface area contributed by atoms with Crippen LogP contribution in [0.25, 0.3) is 0 Å². The molecular formula is C15H12BrFO3S. The van der Waals surface area contributed by atoms with Crippen molar-refractivity contribution >= 4 is 33.7 Å². The van der Waals surface area contributed by atoms with Crippen LogP contribution in [0.15, 0.2) is 45.8 Å². The van der Waals surface area contributed by atoms with Crippen molar-refractivity contribution in [2.24, 2.45) is 0 Å². The fraction of sp³-hybridized carbons (Fsp3) is 0.133. The van der Waals surface area contributed by atoms with Gasteiger partial charge in [0.2, 0.25) is 0 Å². The molecule has 0 saturated carbocycles. The minimum absolute atomic E-state index is 0.0695. The van der Waals surface area contributed by atoms with E-state index in [0.717, 1.165) is 10.0 Å². The molecule has 0 heterocycles. The molecule has 0 saturated heterocycles. The molecule has 3 nitrogen and oxygen atoms in total. The van der Waals surface area contributed by atoms with Gasteiger partial charge in [0, 0.05) is 20.7 Å². The van der Waals surface area contributed by atoms with Crippen molar-refractivity contribution in [2.45, 2.75) is 10.6 Å². The van der Waals surface area contributed by atoms with Gasteiger partial charge >= 0.3 is 5.97 Å². The van der Waals surface area contributed by atoms with E-state index < -0.39 is 11.8 Å². The summed E-state index contributed by atoms with van der Waals surface area (Å²) < 4.78 is 19.9. The number of hydrogen-bond acceptors (Lipinski definition) is 3. The van der Waals surface area contributed by atoms with Crippen LogP contribution in [0.1, 0.15) is 15.9 Å². The third-order valence-electron chi connectivity index (χ3n) is 2.80. The average Bonchev–Trinajstić information content (AvgIpc) is 2.46. The van der Waals surface area contributed by atoms with Gasteiger partial charge in [0.25, 0.3) is 0 Å². The molecule has 0 aliphatic heterocycles. The Kier molecular flexibility index (Phi) is 5.25. The third-order valence-corrected chi connectivity index (χ3v) is 4.38. The highest BCUT2D eigenvalue weighted by Gasteiger charge is 2.11. The molecule has 0 aliphatic rings. The van der Waals surface area contributed by atoms with Gasteiger partial charge in [-0.3, -0.25) is 0 Å². The van der Waals surface area contributed by atoms with Gasteiger partial charge in [-0.1, -0.05) is 15.9 Å². The lowest BCUT2D eigenvalue weighted by Crippen LogP contribution is -1.97. The molecule has 2 aromatic carbocycles. The number of aromatic carboxylic acids is 1. The van der Waals surface area contributed by atoms with Gasteiger partial charge in [-0.25, -0.2) is 9.18 Å². The van der Waals surface area contributed by atoms with E-state index in [2.05, 4.69) is 15.9 Å². The summed E-state index contributed by atoms with van der Waals surface area (Å²) in [6.07, 6.45) is 0. The summed E-state index contributed by atoms with van der Waals surface area (Å²) in [5, 5.41) is 8.95. The van der Waals surface area contributed by atoms with E-state index in [-0.39, 0.29) is 5.56 Å². The zero-order chi connectivity index (χ0) is 15.4. The first-order valence-corrected chi connectivity index (χ1v) is 7.77. The van der Waals surface area contributed by atoms with Crippen LogP contribution in [0, 0.1) is 5.82 Å². The third kappa shape index (κ3) is 3.98. The SMILES string of the molecule is COc1ccc(Br)cc1CSc1cc(C(=O)O)ccc1F. The number of rotatable bonds is 5. The fourth-order valence-corrected chi connectivity index (χ4v) is 3.12. The molecule has 21 heavy (non-hydrogen) atoms. The van der Waals surface area contributed by atoms with Crippen LogP contribution in [0.5, 0.6) is 5.75 Å². The summed E-state index contributed by atoms with van der Waals surface area (Å²) in [4.78, 5) is 11.2. The Morgan fingerprint density at radius 1 is 1.33 bits per heavy atom. The van der Waals surface area contributed by atoms with Gasteiger partial charge in [0.15, 0.2) is 0 Å². The topological polar surface area (TPSA) is 46.5 Å². The summed E-state index contributed by atoms with van der Waals surface area (Å²) in [6, 6.07) is 9.34. The molecule has 0 radical (unpaired) electrons. The highest BCUT2D eigenvalue weighted by molar-refractivity contribution is 9.10. The van der Waals surface area contributed by atoms with E-state index >= 15 is 0 Å². The predicted molar refractivity (Wildman–Crippen MR) is 83.6 cm³/mol. The highest BCUT2D eigenvalue weighted by Crippen LogP contribution is 2.31. The summed E-state index contributed by atoms with van der Waals surface area (Å²) >= 11 is 4.61. The van der Waals surface area contributed by atoms with Crippen LogP contribution >= 0.6 is 27.7 Å². The second-order valence-corrected chi connectivity index (χ2v) is 6.13. The molecule has 0 aromatic heterocycles. The lowest BCUT2D eigenvalue weighted by atomic mass is 10.2. The van der Waals surface area contributed by atoms with Crippen molar-refractivity contribution in [3.8, 4) is 5.75 Å². The van der Waals surface area contributed by atoms with Gasteiger partial charge in [0.1, 0.15) is 11.6 Å². The van der Waals surface area contributed by atoms with E-state index in [4.69, 9.17) is 9.84 Å². The van der Waals surface area contributed by atoms with Crippen LogP contribution in [-0.4, -0.2) is 18.2 Å². The molecule has 2 rings (SSSR count). The Morgan fingerprint density at radius 2 is 2.10 bits per heavy atom. The lowest BCUT2D eigenvalue weighted by molar-refractivity contribution is 0.0696. The molecule has 1 N–H and O–H groups in total. The standard InChI is InChI=1S/C15H12BrFO3S/c1-20-13-5-3-11(16)6-10(13)8-21-14-7-9(15(18)19)2-4-12(14)17/h2-7H,8H2,1H3,(H,18,19). The maximum Gasteiger partial charge on any atom is 0.335 e. The van der Waals surface area contributed by atoms with Crippen molar-refractivity contribution in [3.63, 3.8) is 0 Å². The Hall–Kier alpha value is -1.53. The molecule has 0 amide bonds. The Labute approximate surface area is 134 Å². The zero-order valence-electron chi connectivity index (χ0n) is 11.1. The zero-order valence-corrected chi connectivity index (χ0v) is 13.5. The molecule has 2 aromatic rings. The van der Waals surface area contributed by atoms with E-state index in [1.165, 1.54) is 30.0 Å². The van der Waals surface area contributed by atoms with E-state index in [1.807, 2.05) is 18.2 Å². The normalized spacial score (nSPS) is 10.4. The Morgan fingerprint density at radius 3 is 2.76 bits per heavy atom. The number of carboxylic acids is 1. The molecule has 0 unspecified atom stereocenters. The maximum atomic E-state index is 13.7. The molecular weight excluding hydrogens is 359 g/mol. The first-order valence-electron chi connectivity index (χ1n) is 5.99. The highest BCUT2D eigenvalue weighted by atomic mass is 79.9. The van der Waals surface area contributed by atoms with Crippen molar-refractivity contribution in [1.29, 1.82) is 0 Å². The first-order chi connectivity index (χ1) is 10.0. The van der Waals surface area contributed by atoms with Crippen molar-refractivity contribution in [1.82, 2.24) is 0 Å². The maximum absolute atomic E-state index is 13.7. The number of carbonyl (C=O) groups is 1. The number of ether oxygens (including phenoxy) is 1. The van der Waals surface area contributed by atoms with Gasteiger partial charge in [-0.15, -0.1) is 11.8 Å². The number of methoxy groups -OCH3 is 1. The van der Waals surface area contributed by atoms with Gasteiger partial charge < -0.3 is 9.84 Å². The number of benzene rings is 2. The van der Waals surface area contributed by atoms with Crippen LogP contribution in [0.3, 0.4) is 0 Å². The minimum Gasteiger partial charge on any atom is -0.496 e. The smallest absolute Gasteiger partial charge is 0.335 e. The van der Waals surface area contributed by atoms with Crippen LogP contribution in [-0.2, 0) is 5.75 Å². The monoisotopic (exact) mass is 370 g/mol. The average molecular weight is 371 g/mol. The van der Waals surface area contributed by atoms with E-state index in [9.17, 15) is 9.18 Å². The molecule has 0 spiro atoms. The van der Waals surface area contributed by atoms with E-state index in [0.29, 0.717) is 16.4 Å². The molecule has 0 aliphatic carbocycles. The molecule has 110 valence electrons. The van der Waals surface area contributed by atoms with Gasteiger partial charge in [-0.05, 0) is 36.4 Å². The summed E-state index contributed by atoms with van der Waals surface area (Å²) in [7, 11) is 1.57. The number of hydrogen-bond donors (Lipinski definition) is 1. The summed E-state index contributed by atoms with van der Waals surface area (Å²) in [6.45, 7) is 0. The first kappa shape index (κ1) is 15.9. The lowest BCUT2D eigenvalue weighted by Gasteiger charge is -2.09. The number of halogens is 2. The largest absolute Gasteiger partial charge is 0.496 e. The molecule has 0 bridgehead atoms. The van der Waals surface area contributed by atoms with Gasteiger partial charge in [0.05, 0.1) is 12.7 Å². The number of thioether (sulfide) groups is 1. The van der Waals surface area contributed by atoms with Crippen LogP contribution < -0.4 is 4.74 Å². The van der Waals surface area contributed by atoms with Gasteiger partial charge in [-0.2, -0.15) is 0 Å². The van der Waals surface area contributed by atoms with Crippen molar-refractivity contribution in [2.75, 3.05) is 7.11 Å². The summed E-state index contributed by atoms with van der Waals surface area (Å²) in [5.41, 5.74) is 0.970. The Balaban J connectivity index is 2.22. The van der Waals surface area contributed by atoms with Crippen LogP contribution in [0.4, 0.5) is 4.39 Å². The van der Waals surface area contributed by atoms with Crippen LogP contribution in [0.2, 0.25) is 0 Å². The second-order valence-electron chi connectivity index (χ2n) is 4.20. The van der Waals surface area contributed by atoms with Crippen molar-refractivity contribution < 1.29 is 19.0 Å².